The number of nitrogens with zero attached hydrogens (tertiary/aromatic N) is 1. The number of methoxy groups -OCH3 is 2. The molecule has 0 bridgehead atoms. The molecule has 0 radical (unpaired) electrons. The molecule has 2 aliphatic heterocycles. The van der Waals surface area contributed by atoms with E-state index in [9.17, 15) is 14.7 Å². The maximum atomic E-state index is 13.0. The largest absolute Gasteiger partial charge is 0.497 e. The van der Waals surface area contributed by atoms with Crippen molar-refractivity contribution in [3.05, 3.63) is 87.4 Å². The molecule has 0 saturated carbocycles. The molecule has 0 aromatic heterocycles. The number of aliphatic imine (C=N–C) groups is 1. The fourth-order valence-electron chi connectivity index (χ4n) is 4.28. The average molecular weight is 615 g/mol. The molecule has 0 fully saturated rings. The van der Waals surface area contributed by atoms with Crippen LogP contribution < -0.4 is 24.3 Å². The highest BCUT2D eigenvalue weighted by atomic mass is 35.5. The van der Waals surface area contributed by atoms with Crippen LogP contribution in [0.5, 0.6) is 23.0 Å². The summed E-state index contributed by atoms with van der Waals surface area (Å²) in [7, 11) is 3.12. The van der Waals surface area contributed by atoms with E-state index >= 15 is 0 Å². The van der Waals surface area contributed by atoms with Crippen LogP contribution in [0.25, 0.3) is 5.70 Å². The summed E-state index contributed by atoms with van der Waals surface area (Å²) in [6.07, 6.45) is 1.61. The molecule has 2 heterocycles. The van der Waals surface area contributed by atoms with Gasteiger partial charge in [0.15, 0.2) is 28.5 Å². The van der Waals surface area contributed by atoms with E-state index < -0.39 is 17.8 Å². The van der Waals surface area contributed by atoms with E-state index in [1.54, 1.807) is 26.4 Å². The van der Waals surface area contributed by atoms with Crippen LogP contribution in [0.2, 0.25) is 10.0 Å². The molecule has 212 valence electrons. The Labute approximate surface area is 250 Å². The van der Waals surface area contributed by atoms with Crippen LogP contribution >= 0.6 is 35.0 Å². The van der Waals surface area contributed by atoms with Gasteiger partial charge >= 0.3 is 5.97 Å². The first kappa shape index (κ1) is 28.7. The number of aliphatic carboxylic acids is 1. The second-order valence-corrected chi connectivity index (χ2v) is 10.9. The zero-order chi connectivity index (χ0) is 29.1. The average Bonchev–Trinajstić information content (AvgIpc) is 3.45. The molecule has 3 aromatic rings. The van der Waals surface area contributed by atoms with Crippen LogP contribution in [-0.2, 0) is 4.79 Å². The Morgan fingerprint density at radius 1 is 1.05 bits per heavy atom. The van der Waals surface area contributed by atoms with Crippen LogP contribution in [0.4, 0.5) is 0 Å². The third kappa shape index (κ3) is 6.40. The van der Waals surface area contributed by atoms with Gasteiger partial charge in [0, 0.05) is 29.3 Å². The van der Waals surface area contributed by atoms with Gasteiger partial charge in [-0.2, -0.15) is 0 Å². The maximum Gasteiger partial charge on any atom is 0.329 e. The predicted octanol–water partition coefficient (Wildman–Crippen LogP) is 6.24. The van der Waals surface area contributed by atoms with Gasteiger partial charge in [-0.05, 0) is 54.1 Å². The number of Topliss-reactive ketones (excluding diaryl/α,β-unsaturated/α-hetero) is 1. The predicted molar refractivity (Wildman–Crippen MR) is 158 cm³/mol. The van der Waals surface area contributed by atoms with Crippen LogP contribution in [-0.4, -0.2) is 49.1 Å². The molecule has 2 unspecified atom stereocenters. The summed E-state index contributed by atoms with van der Waals surface area (Å²) in [5.41, 5.74) is 2.49. The van der Waals surface area contributed by atoms with E-state index in [4.69, 9.17) is 42.1 Å². The third-order valence-electron chi connectivity index (χ3n) is 6.40. The number of ether oxygens (including phenoxy) is 4. The summed E-state index contributed by atoms with van der Waals surface area (Å²) in [5, 5.41) is 13.8. The molecule has 0 aliphatic carbocycles. The van der Waals surface area contributed by atoms with Gasteiger partial charge in [-0.15, -0.1) is 0 Å². The van der Waals surface area contributed by atoms with E-state index in [0.717, 1.165) is 5.56 Å². The van der Waals surface area contributed by atoms with Crippen molar-refractivity contribution in [2.75, 3.05) is 21.0 Å². The van der Waals surface area contributed by atoms with Crippen LogP contribution in [0.1, 0.15) is 33.2 Å². The van der Waals surface area contributed by atoms with Crippen molar-refractivity contribution < 1.29 is 33.6 Å². The quantitative estimate of drug-likeness (QED) is 0.270. The van der Waals surface area contributed by atoms with E-state index in [1.165, 1.54) is 30.0 Å². The number of amidine groups is 1. The van der Waals surface area contributed by atoms with Crippen LogP contribution in [0.3, 0.4) is 0 Å². The van der Waals surface area contributed by atoms with Gasteiger partial charge in [0.1, 0.15) is 11.5 Å². The number of benzene rings is 3. The lowest BCUT2D eigenvalue weighted by Gasteiger charge is -2.26. The topological polar surface area (TPSA) is 116 Å². The molecule has 2 aliphatic rings. The minimum absolute atomic E-state index is 0.141. The second kappa shape index (κ2) is 12.3. The molecule has 3 aromatic carbocycles. The van der Waals surface area contributed by atoms with Crippen molar-refractivity contribution in [2.45, 2.75) is 17.7 Å². The number of hydrogen-bond donors (Lipinski definition) is 2. The highest BCUT2D eigenvalue weighted by Gasteiger charge is 2.28. The van der Waals surface area contributed by atoms with E-state index in [0.29, 0.717) is 44.4 Å². The van der Waals surface area contributed by atoms with Gasteiger partial charge in [0.25, 0.3) is 0 Å². The van der Waals surface area contributed by atoms with Crippen molar-refractivity contribution in [1.29, 1.82) is 0 Å². The number of carbonyl (C=O) groups is 2. The van der Waals surface area contributed by atoms with Gasteiger partial charge in [-0.25, -0.2) is 9.79 Å². The second-order valence-electron chi connectivity index (χ2n) is 8.97. The summed E-state index contributed by atoms with van der Waals surface area (Å²) >= 11 is 13.3. The highest BCUT2D eigenvalue weighted by molar-refractivity contribution is 8.14. The lowest BCUT2D eigenvalue weighted by atomic mass is 10.0. The molecule has 0 spiro atoms. The number of ketones is 1. The van der Waals surface area contributed by atoms with Crippen molar-refractivity contribution in [3.63, 3.8) is 0 Å². The first-order valence-electron chi connectivity index (χ1n) is 12.3. The highest BCUT2D eigenvalue weighted by Crippen LogP contribution is 2.43. The molecule has 2 atom stereocenters. The van der Waals surface area contributed by atoms with E-state index in [1.807, 2.05) is 30.3 Å². The normalized spacial score (nSPS) is 17.4. The fourth-order valence-corrected chi connectivity index (χ4v) is 5.66. The molecule has 2 N–H and O–H groups in total. The number of thioether (sulfide) groups is 1. The molecular formula is C29H24Cl2N2O7S. The zero-order valence-electron chi connectivity index (χ0n) is 21.9. The Bertz CT molecular complexity index is 1580. The zero-order valence-corrected chi connectivity index (χ0v) is 24.2. The smallest absolute Gasteiger partial charge is 0.329 e. The number of rotatable bonds is 9. The van der Waals surface area contributed by atoms with Crippen molar-refractivity contribution in [3.8, 4) is 23.0 Å². The fraction of sp³-hybridized carbons (Fsp3) is 0.207. The van der Waals surface area contributed by atoms with Crippen molar-refractivity contribution >= 4 is 57.6 Å². The number of halogens is 2. The Morgan fingerprint density at radius 2 is 1.85 bits per heavy atom. The maximum absolute atomic E-state index is 13.0. The van der Waals surface area contributed by atoms with Crippen LogP contribution in [0.15, 0.2) is 65.7 Å². The first-order chi connectivity index (χ1) is 19.7. The number of nitrogens with one attached hydrogen (secondary N) is 1. The SMILES string of the molecule is COc1ccc(C2=CC(c3ccc4c(c3)OCO4)SC(=NC(CC(=O)c3ccc(Cl)c(Cl)c3)C(=O)O)N2)c(OC)c1. The van der Waals surface area contributed by atoms with E-state index in [2.05, 4.69) is 10.3 Å². The minimum Gasteiger partial charge on any atom is -0.497 e. The van der Waals surface area contributed by atoms with Crippen molar-refractivity contribution in [1.82, 2.24) is 5.32 Å². The van der Waals surface area contributed by atoms with Crippen molar-refractivity contribution in [2.24, 2.45) is 4.99 Å². The van der Waals surface area contributed by atoms with Gasteiger partial charge in [-0.1, -0.05) is 41.0 Å². The summed E-state index contributed by atoms with van der Waals surface area (Å²) < 4.78 is 22.0. The Hall–Kier alpha value is -3.86. The molecule has 0 saturated heterocycles. The Kier molecular flexibility index (Phi) is 8.63. The van der Waals surface area contributed by atoms with Gasteiger partial charge in [-0.3, -0.25) is 4.79 Å². The number of fused-ring (bicyclic) bond motifs is 1. The van der Waals surface area contributed by atoms with Crippen LogP contribution in [0, 0.1) is 0 Å². The lowest BCUT2D eigenvalue weighted by molar-refractivity contribution is -0.138. The standard InChI is InChI=1S/C29H24Cl2N2O7S/c1-37-17-5-6-18(25(11-17)38-2)21-13-27(16-4-8-24-26(10-16)40-14-39-24)41-29(32-21)33-22(28(35)36)12-23(34)15-3-7-19(30)20(31)9-15/h3-11,13,22,27H,12,14H2,1-2H3,(H,32,33)(H,35,36). The monoisotopic (exact) mass is 614 g/mol. The lowest BCUT2D eigenvalue weighted by Crippen LogP contribution is -2.30. The molecule has 9 nitrogen and oxygen atoms in total. The van der Waals surface area contributed by atoms with E-state index in [-0.39, 0.29) is 29.0 Å². The van der Waals surface area contributed by atoms with Gasteiger partial charge in [0.2, 0.25) is 6.79 Å². The first-order valence-corrected chi connectivity index (χ1v) is 14.0. The summed E-state index contributed by atoms with van der Waals surface area (Å²) in [6, 6.07) is 14.1. The number of carbonyl (C=O) groups excluding carboxylic acids is 1. The van der Waals surface area contributed by atoms with Gasteiger partial charge in [0.05, 0.1) is 29.5 Å². The molecule has 0 amide bonds. The number of carboxylic acid groups (broad SMARTS) is 1. The Balaban J connectivity index is 1.50. The molecule has 5 rings (SSSR count). The number of hydrogen-bond acceptors (Lipinski definition) is 8. The Morgan fingerprint density at radius 3 is 2.59 bits per heavy atom. The third-order valence-corrected chi connectivity index (χ3v) is 8.23. The number of carboxylic acids is 1. The molecular weight excluding hydrogens is 591 g/mol. The van der Waals surface area contributed by atoms with Gasteiger partial charge < -0.3 is 29.4 Å². The molecule has 12 heteroatoms. The summed E-state index contributed by atoms with van der Waals surface area (Å²) in [6.45, 7) is 0.141. The minimum atomic E-state index is -1.36. The summed E-state index contributed by atoms with van der Waals surface area (Å²) in [5.74, 6) is 0.752. The summed E-state index contributed by atoms with van der Waals surface area (Å²) in [4.78, 5) is 29.7. The molecule has 41 heavy (non-hydrogen) atoms.